The second-order valence-corrected chi connectivity index (χ2v) is 5.49. The smallest absolute Gasteiger partial charge is 0.241 e. The van der Waals surface area contributed by atoms with E-state index in [1.807, 2.05) is 24.3 Å². The molecular formula is C19H21NO2. The third-order valence-electron chi connectivity index (χ3n) is 3.37. The van der Waals surface area contributed by atoms with Crippen LogP contribution in [0, 0.1) is 0 Å². The van der Waals surface area contributed by atoms with Crippen molar-refractivity contribution in [1.29, 1.82) is 0 Å². The number of nitrogens with two attached hydrogens (primary N) is 1. The first-order chi connectivity index (χ1) is 10.5. The largest absolute Gasteiger partial charge is 0.489 e. The van der Waals surface area contributed by atoms with Crippen molar-refractivity contribution < 1.29 is 9.53 Å². The van der Waals surface area contributed by atoms with E-state index in [2.05, 4.69) is 38.1 Å². The molecule has 0 aliphatic carbocycles. The number of carbonyl (C=O) groups excluding carboxylic acids is 1. The van der Waals surface area contributed by atoms with E-state index in [0.717, 1.165) is 16.9 Å². The minimum absolute atomic E-state index is 0.454. The monoisotopic (exact) mass is 295 g/mol. The van der Waals surface area contributed by atoms with E-state index >= 15 is 0 Å². The van der Waals surface area contributed by atoms with Crippen LogP contribution in [-0.4, -0.2) is 5.91 Å². The summed E-state index contributed by atoms with van der Waals surface area (Å²) in [4.78, 5) is 10.7. The van der Waals surface area contributed by atoms with Crippen molar-refractivity contribution in [2.45, 2.75) is 26.4 Å². The summed E-state index contributed by atoms with van der Waals surface area (Å²) in [6.45, 7) is 4.90. The third-order valence-corrected chi connectivity index (χ3v) is 3.37. The molecule has 3 heteroatoms. The Morgan fingerprint density at radius 3 is 2.27 bits per heavy atom. The average molecular weight is 295 g/mol. The molecule has 0 fully saturated rings. The van der Waals surface area contributed by atoms with E-state index in [9.17, 15) is 4.79 Å². The molecule has 22 heavy (non-hydrogen) atoms. The number of primary amides is 1. The molecule has 2 N–H and O–H groups in total. The first-order valence-electron chi connectivity index (χ1n) is 7.34. The summed E-state index contributed by atoms with van der Waals surface area (Å²) >= 11 is 0. The molecule has 0 aromatic heterocycles. The van der Waals surface area contributed by atoms with Crippen LogP contribution in [0.2, 0.25) is 0 Å². The van der Waals surface area contributed by atoms with Crippen molar-refractivity contribution in [3.05, 3.63) is 71.3 Å². The molecule has 2 rings (SSSR count). The van der Waals surface area contributed by atoms with Gasteiger partial charge in [-0.1, -0.05) is 50.2 Å². The Kier molecular flexibility index (Phi) is 5.37. The Bertz CT molecular complexity index is 640. The lowest BCUT2D eigenvalue weighted by Gasteiger charge is -2.09. The lowest BCUT2D eigenvalue weighted by Crippen LogP contribution is -2.05. The Morgan fingerprint density at radius 2 is 1.73 bits per heavy atom. The zero-order chi connectivity index (χ0) is 15.9. The van der Waals surface area contributed by atoms with E-state index < -0.39 is 5.91 Å². The predicted octanol–water partition coefficient (Wildman–Crippen LogP) is 3.89. The minimum Gasteiger partial charge on any atom is -0.489 e. The highest BCUT2D eigenvalue weighted by Crippen LogP contribution is 2.17. The van der Waals surface area contributed by atoms with Gasteiger partial charge in [-0.05, 0) is 40.8 Å². The number of hydrogen-bond acceptors (Lipinski definition) is 2. The highest BCUT2D eigenvalue weighted by atomic mass is 16.5. The summed E-state index contributed by atoms with van der Waals surface area (Å²) in [5, 5.41) is 0. The molecule has 0 saturated carbocycles. The fourth-order valence-electron chi connectivity index (χ4n) is 2.02. The fraction of sp³-hybridized carbons (Fsp3) is 0.211. The number of amides is 1. The predicted molar refractivity (Wildman–Crippen MR) is 89.5 cm³/mol. The van der Waals surface area contributed by atoms with Gasteiger partial charge in [-0.25, -0.2) is 0 Å². The van der Waals surface area contributed by atoms with Gasteiger partial charge in [-0.2, -0.15) is 0 Å². The molecule has 0 atom stereocenters. The van der Waals surface area contributed by atoms with Gasteiger partial charge in [0.05, 0.1) is 0 Å². The van der Waals surface area contributed by atoms with Gasteiger partial charge in [0.1, 0.15) is 12.4 Å². The summed E-state index contributed by atoms with van der Waals surface area (Å²) in [6, 6.07) is 16.0. The molecule has 0 bridgehead atoms. The molecule has 0 saturated heterocycles. The number of hydrogen-bond donors (Lipinski definition) is 1. The number of rotatable bonds is 6. The van der Waals surface area contributed by atoms with Gasteiger partial charge in [0.25, 0.3) is 0 Å². The number of ether oxygens (including phenoxy) is 1. The second-order valence-electron chi connectivity index (χ2n) is 5.49. The molecule has 1 amide bonds. The Labute approximate surface area is 131 Å². The van der Waals surface area contributed by atoms with E-state index in [1.165, 1.54) is 11.6 Å². The normalized spacial score (nSPS) is 11.0. The highest BCUT2D eigenvalue weighted by Gasteiger charge is 2.00. The van der Waals surface area contributed by atoms with Gasteiger partial charge >= 0.3 is 0 Å². The van der Waals surface area contributed by atoms with E-state index in [1.54, 1.807) is 6.08 Å². The van der Waals surface area contributed by atoms with E-state index in [-0.39, 0.29) is 0 Å². The molecule has 0 heterocycles. The van der Waals surface area contributed by atoms with Crippen LogP contribution in [0.5, 0.6) is 5.75 Å². The quantitative estimate of drug-likeness (QED) is 0.822. The first kappa shape index (κ1) is 15.8. The van der Waals surface area contributed by atoms with Crippen LogP contribution in [0.25, 0.3) is 6.08 Å². The fourth-order valence-corrected chi connectivity index (χ4v) is 2.02. The number of carbonyl (C=O) groups is 1. The Hall–Kier alpha value is -2.55. The second kappa shape index (κ2) is 7.46. The Morgan fingerprint density at radius 1 is 1.09 bits per heavy atom. The summed E-state index contributed by atoms with van der Waals surface area (Å²) < 4.78 is 5.76. The zero-order valence-corrected chi connectivity index (χ0v) is 13.0. The van der Waals surface area contributed by atoms with Crippen molar-refractivity contribution in [3.63, 3.8) is 0 Å². The van der Waals surface area contributed by atoms with Gasteiger partial charge < -0.3 is 10.5 Å². The van der Waals surface area contributed by atoms with E-state index in [4.69, 9.17) is 10.5 Å². The molecular weight excluding hydrogens is 274 g/mol. The maximum absolute atomic E-state index is 10.7. The minimum atomic E-state index is -0.454. The van der Waals surface area contributed by atoms with Crippen LogP contribution in [0.3, 0.4) is 0 Å². The third kappa shape index (κ3) is 4.77. The topological polar surface area (TPSA) is 52.3 Å². The maximum atomic E-state index is 10.7. The van der Waals surface area contributed by atoms with Crippen LogP contribution in [0.15, 0.2) is 54.6 Å². The summed E-state index contributed by atoms with van der Waals surface area (Å²) in [7, 11) is 0. The molecule has 0 spiro atoms. The summed E-state index contributed by atoms with van der Waals surface area (Å²) in [6.07, 6.45) is 3.02. The van der Waals surface area contributed by atoms with Crippen molar-refractivity contribution in [1.82, 2.24) is 0 Å². The molecule has 0 radical (unpaired) electrons. The zero-order valence-electron chi connectivity index (χ0n) is 13.0. The molecule has 2 aromatic carbocycles. The summed E-state index contributed by atoms with van der Waals surface area (Å²) in [5.41, 5.74) is 8.44. The van der Waals surface area contributed by atoms with Gasteiger partial charge in [0.15, 0.2) is 0 Å². The molecule has 0 aliphatic rings. The van der Waals surface area contributed by atoms with Crippen molar-refractivity contribution >= 4 is 12.0 Å². The maximum Gasteiger partial charge on any atom is 0.241 e. The van der Waals surface area contributed by atoms with E-state index in [0.29, 0.717) is 12.5 Å². The van der Waals surface area contributed by atoms with Crippen molar-refractivity contribution in [3.8, 4) is 5.75 Å². The van der Waals surface area contributed by atoms with Gasteiger partial charge in [0.2, 0.25) is 5.91 Å². The van der Waals surface area contributed by atoms with Crippen LogP contribution in [0.1, 0.15) is 36.5 Å². The summed E-state index contributed by atoms with van der Waals surface area (Å²) in [5.74, 6) is 0.880. The molecule has 114 valence electrons. The van der Waals surface area contributed by atoms with Crippen LogP contribution in [0.4, 0.5) is 0 Å². The van der Waals surface area contributed by atoms with Crippen LogP contribution in [-0.2, 0) is 11.4 Å². The standard InChI is InChI=1S/C19H21NO2/c1-14(2)17-8-3-16(4-9-17)13-22-18-10-5-15(6-11-18)7-12-19(20)21/h3-12,14H,13H2,1-2H3,(H2,20,21). The van der Waals surface area contributed by atoms with Gasteiger partial charge in [-0.15, -0.1) is 0 Å². The van der Waals surface area contributed by atoms with Crippen molar-refractivity contribution in [2.75, 3.05) is 0 Å². The van der Waals surface area contributed by atoms with Gasteiger partial charge in [0, 0.05) is 6.08 Å². The molecule has 2 aromatic rings. The van der Waals surface area contributed by atoms with Crippen LogP contribution < -0.4 is 10.5 Å². The van der Waals surface area contributed by atoms with Crippen molar-refractivity contribution in [2.24, 2.45) is 5.73 Å². The SMILES string of the molecule is CC(C)c1ccc(COc2ccc(C=CC(N)=O)cc2)cc1. The van der Waals surface area contributed by atoms with Crippen LogP contribution >= 0.6 is 0 Å². The first-order valence-corrected chi connectivity index (χ1v) is 7.34. The Balaban J connectivity index is 1.92. The number of benzene rings is 2. The molecule has 3 nitrogen and oxygen atoms in total. The van der Waals surface area contributed by atoms with Gasteiger partial charge in [-0.3, -0.25) is 4.79 Å². The molecule has 0 unspecified atom stereocenters. The lowest BCUT2D eigenvalue weighted by molar-refractivity contribution is -0.113. The average Bonchev–Trinajstić information content (AvgIpc) is 2.52. The highest BCUT2D eigenvalue weighted by molar-refractivity contribution is 5.90. The lowest BCUT2D eigenvalue weighted by atomic mass is 10.0. The molecule has 0 aliphatic heterocycles.